The minimum Gasteiger partial charge on any atom is -0.290 e. The zero-order chi connectivity index (χ0) is 19.6. The largest absolute Gasteiger partial charge is 0.416 e. The summed E-state index contributed by atoms with van der Waals surface area (Å²) in [6.07, 6.45) is -4.33. The molecular weight excluding hydrogens is 369 g/mol. The summed E-state index contributed by atoms with van der Waals surface area (Å²) in [6.45, 7) is 3.86. The molecule has 1 nitrogen and oxygen atoms in total. The topological polar surface area (TPSA) is 19.9 Å². The molecule has 0 heterocycles. The first-order valence-electron chi connectivity index (χ1n) is 8.46. The van der Waals surface area contributed by atoms with Crippen LogP contribution < -0.4 is 0 Å². The maximum atomic E-state index is 12.7. The second-order valence-corrected chi connectivity index (χ2v) is 7.80. The molecule has 3 aromatic rings. The molecule has 0 N–H and O–H groups in total. The Kier molecular flexibility index (Phi) is 5.51. The van der Waals surface area contributed by atoms with Gasteiger partial charge in [0.2, 0.25) is 0 Å². The van der Waals surface area contributed by atoms with E-state index in [9.17, 15) is 18.3 Å². The van der Waals surface area contributed by atoms with Gasteiger partial charge >= 0.3 is 6.18 Å². The van der Waals surface area contributed by atoms with E-state index in [1.807, 2.05) is 36.4 Å². The van der Waals surface area contributed by atoms with Crippen LogP contribution >= 0.6 is 11.8 Å². The summed E-state index contributed by atoms with van der Waals surface area (Å²) >= 11 is 1.64. The molecule has 0 aliphatic carbocycles. The van der Waals surface area contributed by atoms with Crippen molar-refractivity contribution in [3.63, 3.8) is 0 Å². The maximum Gasteiger partial charge on any atom is 0.416 e. The number of hydrogen-bond donors (Lipinski definition) is 0. The SMILES string of the molecule is Cc1cc(SC(C)c2cccc(-c3ccc(C(F)(F)F)cc3)c2)ccc1[O]. The highest BCUT2D eigenvalue weighted by Gasteiger charge is 2.29. The lowest BCUT2D eigenvalue weighted by Gasteiger charge is -2.14. The van der Waals surface area contributed by atoms with Crippen molar-refractivity contribution in [1.29, 1.82) is 0 Å². The van der Waals surface area contributed by atoms with Crippen LogP contribution in [-0.4, -0.2) is 0 Å². The Morgan fingerprint density at radius 1 is 0.889 bits per heavy atom. The molecule has 1 unspecified atom stereocenters. The van der Waals surface area contributed by atoms with Gasteiger partial charge < -0.3 is 0 Å². The third-order valence-electron chi connectivity index (χ3n) is 4.36. The normalized spacial score (nSPS) is 12.8. The Balaban J connectivity index is 1.81. The predicted octanol–water partition coefficient (Wildman–Crippen LogP) is 7.68. The van der Waals surface area contributed by atoms with E-state index in [1.165, 1.54) is 12.1 Å². The van der Waals surface area contributed by atoms with Gasteiger partial charge in [-0.05, 0) is 66.4 Å². The van der Waals surface area contributed by atoms with E-state index in [0.717, 1.165) is 33.7 Å². The number of thioether (sulfide) groups is 1. The molecule has 0 spiro atoms. The summed E-state index contributed by atoms with van der Waals surface area (Å²) in [5.41, 5.74) is 2.75. The van der Waals surface area contributed by atoms with Gasteiger partial charge in [0.1, 0.15) is 0 Å². The molecule has 0 saturated carbocycles. The number of hydrogen-bond acceptors (Lipinski definition) is 1. The molecule has 1 radical (unpaired) electrons. The summed E-state index contributed by atoms with van der Waals surface area (Å²) in [6, 6.07) is 18.3. The summed E-state index contributed by atoms with van der Waals surface area (Å²) < 4.78 is 38.2. The Bertz CT molecular complexity index is 933. The van der Waals surface area contributed by atoms with E-state index in [2.05, 4.69) is 6.92 Å². The van der Waals surface area contributed by atoms with Crippen molar-refractivity contribution in [3.05, 3.63) is 83.4 Å². The third kappa shape index (κ3) is 4.66. The van der Waals surface area contributed by atoms with Crippen molar-refractivity contribution in [2.75, 3.05) is 0 Å². The lowest BCUT2D eigenvalue weighted by molar-refractivity contribution is -0.137. The van der Waals surface area contributed by atoms with Crippen LogP contribution in [0.1, 0.15) is 28.9 Å². The summed E-state index contributed by atoms with van der Waals surface area (Å²) in [5.74, 6) is 0.0244. The van der Waals surface area contributed by atoms with Gasteiger partial charge in [0.05, 0.1) is 5.56 Å². The monoisotopic (exact) mass is 387 g/mol. The molecule has 0 bridgehead atoms. The minimum absolute atomic E-state index is 0.0244. The van der Waals surface area contributed by atoms with E-state index >= 15 is 0 Å². The molecule has 27 heavy (non-hydrogen) atoms. The molecule has 5 heteroatoms. The smallest absolute Gasteiger partial charge is 0.290 e. The van der Waals surface area contributed by atoms with Crippen LogP contribution in [0, 0.1) is 6.92 Å². The first kappa shape index (κ1) is 19.4. The molecule has 0 fully saturated rings. The highest BCUT2D eigenvalue weighted by atomic mass is 32.2. The van der Waals surface area contributed by atoms with Crippen LogP contribution in [0.4, 0.5) is 13.2 Å². The van der Waals surface area contributed by atoms with Crippen LogP contribution in [0.5, 0.6) is 5.75 Å². The van der Waals surface area contributed by atoms with Crippen molar-refractivity contribution in [1.82, 2.24) is 0 Å². The molecule has 0 aliphatic rings. The van der Waals surface area contributed by atoms with Crippen LogP contribution in [0.3, 0.4) is 0 Å². The molecule has 0 aromatic heterocycles. The first-order chi connectivity index (χ1) is 12.7. The average molecular weight is 387 g/mol. The quantitative estimate of drug-likeness (QED) is 0.420. The highest BCUT2D eigenvalue weighted by Crippen LogP contribution is 2.38. The number of rotatable bonds is 4. The van der Waals surface area contributed by atoms with Crippen molar-refractivity contribution < 1.29 is 18.3 Å². The molecule has 0 saturated heterocycles. The minimum atomic E-state index is -4.33. The number of aryl methyl sites for hydroxylation is 1. The van der Waals surface area contributed by atoms with E-state index in [1.54, 1.807) is 24.8 Å². The van der Waals surface area contributed by atoms with Crippen LogP contribution in [0.25, 0.3) is 11.1 Å². The standard InChI is InChI=1S/C22H18F3OS/c1-14-12-20(10-11-21(14)26)27-15(2)17-4-3-5-18(13-17)16-6-8-19(9-7-16)22(23,24)25/h3-13,15H,1-2H3. The van der Waals surface area contributed by atoms with Gasteiger partial charge in [0, 0.05) is 10.1 Å². The first-order valence-corrected chi connectivity index (χ1v) is 9.34. The molecule has 3 rings (SSSR count). The molecule has 3 aromatic carbocycles. The van der Waals surface area contributed by atoms with Gasteiger partial charge in [-0.25, -0.2) is 0 Å². The average Bonchev–Trinajstić information content (AvgIpc) is 2.64. The fourth-order valence-electron chi connectivity index (χ4n) is 2.79. The van der Waals surface area contributed by atoms with Gasteiger partial charge in [-0.15, -0.1) is 11.8 Å². The van der Waals surface area contributed by atoms with Gasteiger partial charge in [0.15, 0.2) is 5.75 Å². The van der Waals surface area contributed by atoms with Crippen molar-refractivity contribution in [2.45, 2.75) is 30.2 Å². The maximum absolute atomic E-state index is 12.7. The lowest BCUT2D eigenvalue weighted by Crippen LogP contribution is -2.04. The fourth-order valence-corrected chi connectivity index (χ4v) is 3.87. The van der Waals surface area contributed by atoms with Gasteiger partial charge in [-0.3, -0.25) is 5.11 Å². The summed E-state index contributed by atoms with van der Waals surface area (Å²) in [4.78, 5) is 1.01. The molecule has 139 valence electrons. The zero-order valence-corrected chi connectivity index (χ0v) is 15.7. The fraction of sp³-hybridized carbons (Fsp3) is 0.182. The number of alkyl halides is 3. The Hall–Kier alpha value is -2.40. The van der Waals surface area contributed by atoms with Crippen LogP contribution in [0.15, 0.2) is 71.6 Å². The Morgan fingerprint density at radius 2 is 1.59 bits per heavy atom. The van der Waals surface area contributed by atoms with Crippen LogP contribution in [-0.2, 0) is 11.3 Å². The Labute approximate surface area is 160 Å². The van der Waals surface area contributed by atoms with E-state index in [4.69, 9.17) is 0 Å². The van der Waals surface area contributed by atoms with Gasteiger partial charge in [0.25, 0.3) is 0 Å². The molecule has 0 amide bonds. The van der Waals surface area contributed by atoms with Gasteiger partial charge in [-0.1, -0.05) is 36.4 Å². The van der Waals surface area contributed by atoms with E-state index in [0.29, 0.717) is 5.56 Å². The molecule has 0 aliphatic heterocycles. The predicted molar refractivity (Wildman–Crippen MR) is 102 cm³/mol. The number of halogens is 3. The third-order valence-corrected chi connectivity index (χ3v) is 5.51. The highest BCUT2D eigenvalue weighted by molar-refractivity contribution is 7.99. The second-order valence-electron chi connectivity index (χ2n) is 6.39. The Morgan fingerprint density at radius 3 is 2.22 bits per heavy atom. The second kappa shape index (κ2) is 7.69. The summed E-state index contributed by atoms with van der Waals surface area (Å²) in [5, 5.41) is 11.7. The zero-order valence-electron chi connectivity index (χ0n) is 14.9. The van der Waals surface area contributed by atoms with E-state index < -0.39 is 11.7 Å². The van der Waals surface area contributed by atoms with Crippen molar-refractivity contribution in [2.24, 2.45) is 0 Å². The van der Waals surface area contributed by atoms with Gasteiger partial charge in [-0.2, -0.15) is 13.2 Å². The number of benzene rings is 3. The van der Waals surface area contributed by atoms with Crippen molar-refractivity contribution in [3.8, 4) is 16.9 Å². The molecule has 1 atom stereocenters. The van der Waals surface area contributed by atoms with Crippen molar-refractivity contribution >= 4 is 11.8 Å². The molecular formula is C22H18F3OS. The summed E-state index contributed by atoms with van der Waals surface area (Å²) in [7, 11) is 0. The van der Waals surface area contributed by atoms with Crippen LogP contribution in [0.2, 0.25) is 0 Å². The van der Waals surface area contributed by atoms with E-state index in [-0.39, 0.29) is 11.0 Å². The lowest BCUT2D eigenvalue weighted by atomic mass is 10.0.